The Bertz CT molecular complexity index is 545. The molecule has 3 N–H and O–H groups in total. The summed E-state index contributed by atoms with van der Waals surface area (Å²) in [4.78, 5) is 19.1. The van der Waals surface area contributed by atoms with Gasteiger partial charge in [0.05, 0.1) is 6.61 Å². The molecule has 0 spiro atoms. The van der Waals surface area contributed by atoms with Crippen molar-refractivity contribution in [3.8, 4) is 0 Å². The molecule has 0 atom stereocenters. The first kappa shape index (κ1) is 19.4. The highest BCUT2D eigenvalue weighted by Gasteiger charge is 2.23. The molecule has 6 nitrogen and oxygen atoms in total. The van der Waals surface area contributed by atoms with Crippen LogP contribution in [0.15, 0.2) is 40.2 Å². The van der Waals surface area contributed by atoms with Crippen LogP contribution in [0, 0.1) is 0 Å². The van der Waals surface area contributed by atoms with E-state index in [0.29, 0.717) is 25.7 Å². The Kier molecular flexibility index (Phi) is 8.45. The van der Waals surface area contributed by atoms with Crippen molar-refractivity contribution in [2.24, 2.45) is 10.7 Å². The Morgan fingerprint density at radius 2 is 2.08 bits per heavy atom. The van der Waals surface area contributed by atoms with E-state index in [1.54, 1.807) is 4.90 Å². The number of aliphatic imine (C=N–C) groups is 1. The van der Waals surface area contributed by atoms with E-state index >= 15 is 0 Å². The zero-order valence-corrected chi connectivity index (χ0v) is 15.6. The fourth-order valence-electron chi connectivity index (χ4n) is 2.65. The third-order valence-electron chi connectivity index (χ3n) is 3.97. The van der Waals surface area contributed by atoms with E-state index < -0.39 is 0 Å². The fraction of sp³-hybridized carbons (Fsp3) is 0.556. The maximum absolute atomic E-state index is 11.7. The molecule has 1 aromatic carbocycles. The minimum Gasteiger partial charge on any atom is -0.450 e. The van der Waals surface area contributed by atoms with Crippen LogP contribution in [0.3, 0.4) is 0 Å². The summed E-state index contributed by atoms with van der Waals surface area (Å²) in [6, 6.07) is 10.6. The van der Waals surface area contributed by atoms with Gasteiger partial charge in [0.15, 0.2) is 5.96 Å². The number of carbonyl (C=O) groups excluding carboxylic acids is 1. The lowest BCUT2D eigenvalue weighted by Gasteiger charge is -2.31. The van der Waals surface area contributed by atoms with Crippen molar-refractivity contribution in [3.63, 3.8) is 0 Å². The second-order valence-corrected chi connectivity index (χ2v) is 7.05. The van der Waals surface area contributed by atoms with Crippen LogP contribution >= 0.6 is 11.8 Å². The number of nitrogens with one attached hydrogen (secondary N) is 1. The number of carbonyl (C=O) groups is 1. The Morgan fingerprint density at radius 3 is 2.76 bits per heavy atom. The summed E-state index contributed by atoms with van der Waals surface area (Å²) < 4.78 is 5.02. The molecule has 1 heterocycles. The van der Waals surface area contributed by atoms with E-state index in [0.717, 1.165) is 31.6 Å². The first-order valence-corrected chi connectivity index (χ1v) is 9.83. The zero-order valence-electron chi connectivity index (χ0n) is 14.8. The zero-order chi connectivity index (χ0) is 17.9. The molecule has 1 amide bonds. The topological polar surface area (TPSA) is 80.0 Å². The van der Waals surface area contributed by atoms with Gasteiger partial charge in [0.25, 0.3) is 0 Å². The summed E-state index contributed by atoms with van der Waals surface area (Å²) >= 11 is 1.83. The highest BCUT2D eigenvalue weighted by atomic mass is 32.2. The molecular weight excluding hydrogens is 336 g/mol. The Balaban J connectivity index is 1.59. The van der Waals surface area contributed by atoms with Crippen LogP contribution in [0.4, 0.5) is 4.79 Å². The number of rotatable bonds is 7. The van der Waals surface area contributed by atoms with Gasteiger partial charge in [-0.25, -0.2) is 4.79 Å². The molecule has 1 saturated heterocycles. The van der Waals surface area contributed by atoms with Gasteiger partial charge in [-0.05, 0) is 44.1 Å². The van der Waals surface area contributed by atoms with Crippen molar-refractivity contribution in [2.75, 3.05) is 32.0 Å². The van der Waals surface area contributed by atoms with E-state index in [1.165, 1.54) is 4.90 Å². The van der Waals surface area contributed by atoms with Crippen LogP contribution in [0.25, 0.3) is 0 Å². The number of nitrogens with zero attached hydrogens (tertiary/aromatic N) is 2. The van der Waals surface area contributed by atoms with Crippen molar-refractivity contribution in [1.82, 2.24) is 10.2 Å². The van der Waals surface area contributed by atoms with Gasteiger partial charge in [0, 0.05) is 30.6 Å². The monoisotopic (exact) mass is 364 g/mol. The Labute approximate surface area is 154 Å². The number of amides is 1. The van der Waals surface area contributed by atoms with E-state index in [1.807, 2.05) is 24.8 Å². The average Bonchev–Trinajstić information content (AvgIpc) is 2.63. The number of hydrogen-bond donors (Lipinski definition) is 2. The number of nitrogens with two attached hydrogens (primary N) is 1. The van der Waals surface area contributed by atoms with Crippen LogP contribution in [0.1, 0.15) is 26.2 Å². The molecule has 2 rings (SSSR count). The maximum atomic E-state index is 11.7. The smallest absolute Gasteiger partial charge is 0.409 e. The van der Waals surface area contributed by atoms with Crippen molar-refractivity contribution < 1.29 is 9.53 Å². The van der Waals surface area contributed by atoms with Crippen LogP contribution in [0.5, 0.6) is 0 Å². The molecule has 0 bridgehead atoms. The summed E-state index contributed by atoms with van der Waals surface area (Å²) in [6.07, 6.45) is 2.49. The summed E-state index contributed by atoms with van der Waals surface area (Å²) in [6.45, 7) is 4.34. The van der Waals surface area contributed by atoms with Crippen molar-refractivity contribution in [1.29, 1.82) is 0 Å². The summed E-state index contributed by atoms with van der Waals surface area (Å²) in [5.74, 6) is 1.53. The van der Waals surface area contributed by atoms with Gasteiger partial charge in [0.2, 0.25) is 0 Å². The number of hydrogen-bond acceptors (Lipinski definition) is 4. The molecule has 0 unspecified atom stereocenters. The average molecular weight is 365 g/mol. The standard InChI is InChI=1S/C18H28N4O2S/c1-2-24-18(23)22-12-9-15(10-13-22)21-17(19)20-11-6-14-25-16-7-4-3-5-8-16/h3-5,7-8,15H,2,6,9-14H2,1H3,(H3,19,20,21). The first-order valence-electron chi connectivity index (χ1n) is 8.85. The highest BCUT2D eigenvalue weighted by molar-refractivity contribution is 7.99. The quantitative estimate of drug-likeness (QED) is 0.336. The Morgan fingerprint density at radius 1 is 1.36 bits per heavy atom. The second-order valence-electron chi connectivity index (χ2n) is 5.89. The van der Waals surface area contributed by atoms with Crippen molar-refractivity contribution in [2.45, 2.75) is 37.1 Å². The predicted molar refractivity (Wildman–Crippen MR) is 103 cm³/mol. The van der Waals surface area contributed by atoms with E-state index in [2.05, 4.69) is 34.6 Å². The number of piperidine rings is 1. The molecule has 1 aliphatic rings. The number of ether oxygens (including phenoxy) is 1. The number of thioether (sulfide) groups is 1. The van der Waals surface area contributed by atoms with Gasteiger partial charge in [0.1, 0.15) is 0 Å². The third-order valence-corrected chi connectivity index (χ3v) is 5.07. The fourth-order valence-corrected chi connectivity index (χ4v) is 3.51. The SMILES string of the molecule is CCOC(=O)N1CCC(NC(N)=NCCCSc2ccccc2)CC1. The van der Waals surface area contributed by atoms with E-state index in [4.69, 9.17) is 10.5 Å². The third kappa shape index (κ3) is 7.25. The molecule has 138 valence electrons. The van der Waals surface area contributed by atoms with Crippen molar-refractivity contribution >= 4 is 23.8 Å². The molecular formula is C18H28N4O2S. The van der Waals surface area contributed by atoms with Crippen LogP contribution in [0.2, 0.25) is 0 Å². The molecule has 7 heteroatoms. The van der Waals surface area contributed by atoms with Gasteiger partial charge >= 0.3 is 6.09 Å². The molecule has 0 aliphatic carbocycles. The van der Waals surface area contributed by atoms with E-state index in [-0.39, 0.29) is 12.1 Å². The Hall–Kier alpha value is -1.89. The summed E-state index contributed by atoms with van der Waals surface area (Å²) in [7, 11) is 0. The lowest BCUT2D eigenvalue weighted by molar-refractivity contribution is 0.0963. The molecule has 0 radical (unpaired) electrons. The van der Waals surface area contributed by atoms with Crippen LogP contribution in [-0.4, -0.2) is 55.0 Å². The van der Waals surface area contributed by atoms with Crippen LogP contribution < -0.4 is 11.1 Å². The molecule has 1 aromatic rings. The molecule has 25 heavy (non-hydrogen) atoms. The number of guanidine groups is 1. The second kappa shape index (κ2) is 10.9. The number of benzene rings is 1. The van der Waals surface area contributed by atoms with Gasteiger partial charge in [-0.15, -0.1) is 11.8 Å². The van der Waals surface area contributed by atoms with Crippen molar-refractivity contribution in [3.05, 3.63) is 30.3 Å². The summed E-state index contributed by atoms with van der Waals surface area (Å²) in [5.41, 5.74) is 5.97. The van der Waals surface area contributed by atoms with E-state index in [9.17, 15) is 4.79 Å². The maximum Gasteiger partial charge on any atom is 0.409 e. The van der Waals surface area contributed by atoms with Gasteiger partial charge < -0.3 is 20.7 Å². The minimum atomic E-state index is -0.224. The molecule has 1 fully saturated rings. The van der Waals surface area contributed by atoms with Gasteiger partial charge in [-0.2, -0.15) is 0 Å². The van der Waals surface area contributed by atoms with Gasteiger partial charge in [-0.1, -0.05) is 18.2 Å². The largest absolute Gasteiger partial charge is 0.450 e. The van der Waals surface area contributed by atoms with Crippen LogP contribution in [-0.2, 0) is 4.74 Å². The number of likely N-dealkylation sites (tertiary alicyclic amines) is 1. The lowest BCUT2D eigenvalue weighted by atomic mass is 10.1. The normalized spacial score (nSPS) is 15.9. The molecule has 1 aliphatic heterocycles. The first-order chi connectivity index (χ1) is 12.2. The predicted octanol–water partition coefficient (Wildman–Crippen LogP) is 2.69. The lowest BCUT2D eigenvalue weighted by Crippen LogP contribution is -2.48. The van der Waals surface area contributed by atoms with Gasteiger partial charge in [-0.3, -0.25) is 4.99 Å². The minimum absolute atomic E-state index is 0.224. The summed E-state index contributed by atoms with van der Waals surface area (Å²) in [5, 5.41) is 3.26. The highest BCUT2D eigenvalue weighted by Crippen LogP contribution is 2.17. The molecule has 0 aromatic heterocycles. The molecule has 0 saturated carbocycles.